The number of phosphoric ester groups is 1. The summed E-state index contributed by atoms with van der Waals surface area (Å²) in [5.41, 5.74) is 0.608. The van der Waals surface area contributed by atoms with Crippen LogP contribution in [0.5, 0.6) is 0 Å². The van der Waals surface area contributed by atoms with Crippen LogP contribution in [0.3, 0.4) is 0 Å². The van der Waals surface area contributed by atoms with E-state index < -0.39 is 51.0 Å². The van der Waals surface area contributed by atoms with E-state index in [1.54, 1.807) is 41.1 Å². The van der Waals surface area contributed by atoms with Gasteiger partial charge in [-0.25, -0.2) is 14.3 Å². The van der Waals surface area contributed by atoms with E-state index in [4.69, 9.17) is 14.0 Å². The van der Waals surface area contributed by atoms with Gasteiger partial charge in [0.15, 0.2) is 12.3 Å². The van der Waals surface area contributed by atoms with Gasteiger partial charge in [0.2, 0.25) is 0 Å². The Bertz CT molecular complexity index is 1130. The number of aliphatic hydroxyl groups excluding tert-OH is 2. The first-order valence-corrected chi connectivity index (χ1v) is 11.2. The summed E-state index contributed by atoms with van der Waals surface area (Å²) in [6, 6.07) is 13.6. The van der Waals surface area contributed by atoms with Crippen molar-refractivity contribution in [1.29, 1.82) is 0 Å². The smallest absolute Gasteiger partial charge is 0.450 e. The van der Waals surface area contributed by atoms with Gasteiger partial charge < -0.3 is 34.0 Å². The minimum atomic E-state index is -5.13. The van der Waals surface area contributed by atoms with Crippen LogP contribution in [0.2, 0.25) is 0 Å². The summed E-state index contributed by atoms with van der Waals surface area (Å²) in [4.78, 5) is 35.5. The van der Waals surface area contributed by atoms with Crippen molar-refractivity contribution in [2.75, 3.05) is 6.61 Å². The number of nitrogens with zero attached hydrogens (tertiary/aromatic N) is 2. The first-order valence-electron chi connectivity index (χ1n) is 9.64. The molecular weight excluding hydrogens is 443 g/mol. The van der Waals surface area contributed by atoms with Crippen LogP contribution < -0.4 is 0 Å². The van der Waals surface area contributed by atoms with Gasteiger partial charge >= 0.3 is 13.8 Å². The quantitative estimate of drug-likeness (QED) is 0.306. The second kappa shape index (κ2) is 9.08. The Labute approximate surface area is 182 Å². The van der Waals surface area contributed by atoms with Gasteiger partial charge in [0.25, 0.3) is 0 Å². The zero-order valence-electron chi connectivity index (χ0n) is 16.5. The number of carbonyl (C=O) groups excluding carboxylic acids is 1. The summed E-state index contributed by atoms with van der Waals surface area (Å²) in [5.74, 6) is -0.908. The molecule has 0 unspecified atom stereocenters. The van der Waals surface area contributed by atoms with Crippen molar-refractivity contribution in [3.05, 3.63) is 66.6 Å². The molecule has 11 nitrogen and oxygen atoms in total. The molecule has 4 rings (SSSR count). The molecule has 3 heterocycles. The summed E-state index contributed by atoms with van der Waals surface area (Å²) in [6.07, 6.45) is -4.33. The number of ether oxygens (including phenoxy) is 2. The Hall–Kier alpha value is -2.63. The van der Waals surface area contributed by atoms with Crippen LogP contribution in [0.1, 0.15) is 16.7 Å². The molecule has 32 heavy (non-hydrogen) atoms. The number of esters is 1. The predicted molar refractivity (Wildman–Crippen MR) is 109 cm³/mol. The fourth-order valence-corrected chi connectivity index (χ4v) is 4.24. The second-order valence-corrected chi connectivity index (χ2v) is 8.36. The molecule has 1 saturated heterocycles. The third kappa shape index (κ3) is 4.59. The largest absolute Gasteiger partial charge is 0.470 e. The zero-order valence-corrected chi connectivity index (χ0v) is 17.4. The highest BCUT2D eigenvalue weighted by Gasteiger charge is 2.51. The first-order chi connectivity index (χ1) is 15.3. The molecule has 3 aromatic rings. The fraction of sp³-hybridized carbons (Fsp3) is 0.300. The number of pyridine rings is 1. The van der Waals surface area contributed by atoms with Gasteiger partial charge in [-0.1, -0.05) is 24.3 Å². The molecule has 1 aromatic carbocycles. The van der Waals surface area contributed by atoms with E-state index in [-0.39, 0.29) is 5.69 Å². The Morgan fingerprint density at radius 3 is 2.56 bits per heavy atom. The number of aliphatic hydroxyl groups is 2. The topological polar surface area (TPSA) is 161 Å². The second-order valence-electron chi connectivity index (χ2n) is 7.17. The molecule has 0 bridgehead atoms. The molecule has 0 aliphatic carbocycles. The lowest BCUT2D eigenvalue weighted by molar-refractivity contribution is -0.246. The lowest BCUT2D eigenvalue weighted by Gasteiger charge is -2.43. The van der Waals surface area contributed by atoms with Gasteiger partial charge in [-0.3, -0.25) is 4.52 Å². The van der Waals surface area contributed by atoms with E-state index in [0.717, 1.165) is 5.39 Å². The molecule has 0 spiro atoms. The van der Waals surface area contributed by atoms with Crippen LogP contribution in [-0.2, 0) is 18.6 Å². The van der Waals surface area contributed by atoms with Crippen molar-refractivity contribution >= 4 is 24.7 Å². The maximum Gasteiger partial charge on any atom is 0.470 e. The predicted octanol–water partition coefficient (Wildman–Crippen LogP) is 0.990. The van der Waals surface area contributed by atoms with Crippen molar-refractivity contribution < 1.29 is 43.4 Å². The van der Waals surface area contributed by atoms with Crippen molar-refractivity contribution in [3.8, 4) is 0 Å². The van der Waals surface area contributed by atoms with Crippen LogP contribution in [0.25, 0.3) is 10.9 Å². The normalized spacial score (nSPS) is 26.2. The number of carbonyl (C=O) groups is 1. The summed E-state index contributed by atoms with van der Waals surface area (Å²) >= 11 is 0. The maximum absolute atomic E-state index is 12.7. The number of fused-ring (bicyclic) bond motifs is 1. The molecular formula is C20H21N2O9P. The summed E-state index contributed by atoms with van der Waals surface area (Å²) < 4.78 is 29.4. The minimum Gasteiger partial charge on any atom is -0.450 e. The van der Waals surface area contributed by atoms with E-state index >= 15 is 0 Å². The Morgan fingerprint density at radius 1 is 1.12 bits per heavy atom. The monoisotopic (exact) mass is 464 g/mol. The molecule has 0 radical (unpaired) electrons. The molecule has 1 fully saturated rings. The first kappa shape index (κ1) is 22.6. The molecule has 1 aliphatic heterocycles. The number of hydrogen-bond donors (Lipinski definition) is 4. The van der Waals surface area contributed by atoms with E-state index in [2.05, 4.69) is 4.98 Å². The van der Waals surface area contributed by atoms with Crippen molar-refractivity contribution in [2.45, 2.75) is 30.6 Å². The van der Waals surface area contributed by atoms with Crippen LogP contribution >= 0.6 is 7.82 Å². The van der Waals surface area contributed by atoms with E-state index in [1.165, 1.54) is 12.3 Å². The average Bonchev–Trinajstić information content (AvgIpc) is 3.20. The van der Waals surface area contributed by atoms with Crippen LogP contribution in [0, 0.1) is 0 Å². The number of benzene rings is 1. The molecule has 12 heteroatoms. The highest BCUT2D eigenvalue weighted by Crippen LogP contribution is 2.44. The Morgan fingerprint density at radius 2 is 1.88 bits per heavy atom. The van der Waals surface area contributed by atoms with Gasteiger partial charge in [-0.05, 0) is 29.7 Å². The minimum absolute atomic E-state index is 0.0580. The van der Waals surface area contributed by atoms with Gasteiger partial charge in [-0.2, -0.15) is 0 Å². The molecule has 2 aromatic heterocycles. The van der Waals surface area contributed by atoms with E-state index in [1.807, 2.05) is 12.1 Å². The van der Waals surface area contributed by atoms with Gasteiger partial charge in [0, 0.05) is 12.4 Å². The van der Waals surface area contributed by atoms with E-state index in [9.17, 15) is 29.4 Å². The lowest BCUT2D eigenvalue weighted by atomic mass is 9.98. The summed E-state index contributed by atoms with van der Waals surface area (Å²) in [6.45, 7) is -0.668. The zero-order chi connectivity index (χ0) is 22.9. The summed E-state index contributed by atoms with van der Waals surface area (Å²) in [5, 5.41) is 21.1. The molecule has 5 atom stereocenters. The van der Waals surface area contributed by atoms with Crippen LogP contribution in [0.15, 0.2) is 60.9 Å². The highest BCUT2D eigenvalue weighted by molar-refractivity contribution is 7.46. The SMILES string of the molecule is O=C(O[C@@H]1[C@@H](OP(=O)(O)O)[C@H](O)[C@@H](CO)O[C@H]1n1ccc2ccccc21)c1ccccn1. The highest BCUT2D eigenvalue weighted by atomic mass is 31.2. The molecule has 1 aliphatic rings. The van der Waals surface area contributed by atoms with Gasteiger partial charge in [0.1, 0.15) is 24.0 Å². The van der Waals surface area contributed by atoms with Crippen LogP contribution in [-0.4, -0.2) is 66.5 Å². The Balaban J connectivity index is 1.78. The average molecular weight is 464 g/mol. The maximum atomic E-state index is 12.7. The Kier molecular flexibility index (Phi) is 6.40. The van der Waals surface area contributed by atoms with Gasteiger partial charge in [-0.15, -0.1) is 0 Å². The third-order valence-corrected chi connectivity index (χ3v) is 5.61. The van der Waals surface area contributed by atoms with Crippen molar-refractivity contribution in [2.24, 2.45) is 0 Å². The molecule has 0 saturated carbocycles. The van der Waals surface area contributed by atoms with Crippen molar-refractivity contribution in [1.82, 2.24) is 9.55 Å². The number of para-hydroxylation sites is 1. The third-order valence-electron chi connectivity index (χ3n) is 5.10. The lowest BCUT2D eigenvalue weighted by Crippen LogP contribution is -2.58. The number of hydrogen-bond acceptors (Lipinski definition) is 8. The summed E-state index contributed by atoms with van der Waals surface area (Å²) in [7, 11) is -5.13. The molecule has 0 amide bonds. The molecule has 170 valence electrons. The van der Waals surface area contributed by atoms with Crippen molar-refractivity contribution in [3.63, 3.8) is 0 Å². The molecule has 4 N–H and O–H groups in total. The fourth-order valence-electron chi connectivity index (χ4n) is 3.68. The number of rotatable bonds is 6. The standard InChI is InChI=1S/C20H21N2O9P/c23-11-15-16(24)17(31-32(26,27)28)18(30-20(25)13-6-3-4-9-21-13)19(29-15)22-10-8-12-5-1-2-7-14(12)22/h1-10,15-19,23-24H,11H2,(H2,26,27,28)/t15-,16-,17+,18-,19-/m1/s1. The van der Waals surface area contributed by atoms with E-state index in [0.29, 0.717) is 5.52 Å². The van der Waals surface area contributed by atoms with Crippen LogP contribution in [0.4, 0.5) is 0 Å². The number of aromatic nitrogens is 2. The number of phosphoric acid groups is 1. The van der Waals surface area contributed by atoms with Gasteiger partial charge in [0.05, 0.1) is 12.1 Å².